The highest BCUT2D eigenvalue weighted by atomic mass is 16.3. The maximum absolute atomic E-state index is 9.32. The standard InChI is InChI=1S/C19H20N2O2/c1-13-3-5-15(6-4-13)14(2)20-11-17-12-23-19(21-17)16-7-9-18(22)10-8-16/h3-10,12,14,20,22H,11H2,1-2H3/t14-/m1/s1. The molecule has 0 spiro atoms. The third-order valence-electron chi connectivity index (χ3n) is 3.83. The third-order valence-corrected chi connectivity index (χ3v) is 3.83. The first kappa shape index (κ1) is 15.3. The Bertz CT molecular complexity index is 761. The van der Waals surface area contributed by atoms with Gasteiger partial charge in [0.15, 0.2) is 0 Å². The predicted octanol–water partition coefficient (Wildman–Crippen LogP) is 4.21. The van der Waals surface area contributed by atoms with E-state index in [2.05, 4.69) is 48.4 Å². The molecule has 0 aliphatic carbocycles. The van der Waals surface area contributed by atoms with Crippen molar-refractivity contribution < 1.29 is 9.52 Å². The number of nitrogens with zero attached hydrogens (tertiary/aromatic N) is 1. The van der Waals surface area contributed by atoms with Crippen LogP contribution in [0.1, 0.15) is 29.8 Å². The second-order valence-corrected chi connectivity index (χ2v) is 5.70. The Morgan fingerprint density at radius 2 is 1.78 bits per heavy atom. The van der Waals surface area contributed by atoms with Crippen molar-refractivity contribution in [1.29, 1.82) is 0 Å². The molecule has 2 N–H and O–H groups in total. The summed E-state index contributed by atoms with van der Waals surface area (Å²) in [7, 11) is 0. The van der Waals surface area contributed by atoms with Crippen molar-refractivity contribution in [3.8, 4) is 17.2 Å². The summed E-state index contributed by atoms with van der Waals surface area (Å²) in [5, 5.41) is 12.8. The van der Waals surface area contributed by atoms with Crippen molar-refractivity contribution in [2.75, 3.05) is 0 Å². The van der Waals surface area contributed by atoms with Gasteiger partial charge in [-0.2, -0.15) is 0 Å². The van der Waals surface area contributed by atoms with Gasteiger partial charge in [-0.1, -0.05) is 29.8 Å². The molecule has 0 bridgehead atoms. The van der Waals surface area contributed by atoms with Crippen LogP contribution in [0.3, 0.4) is 0 Å². The molecule has 0 saturated carbocycles. The van der Waals surface area contributed by atoms with E-state index in [9.17, 15) is 5.11 Å². The number of oxazole rings is 1. The molecular weight excluding hydrogens is 288 g/mol. The van der Waals surface area contributed by atoms with Gasteiger partial charge in [-0.15, -0.1) is 0 Å². The molecule has 0 saturated heterocycles. The van der Waals surface area contributed by atoms with E-state index in [1.165, 1.54) is 11.1 Å². The predicted molar refractivity (Wildman–Crippen MR) is 90.0 cm³/mol. The molecule has 0 amide bonds. The Morgan fingerprint density at radius 3 is 2.48 bits per heavy atom. The topological polar surface area (TPSA) is 58.3 Å². The Labute approximate surface area is 135 Å². The number of rotatable bonds is 5. The molecule has 0 unspecified atom stereocenters. The largest absolute Gasteiger partial charge is 0.508 e. The lowest BCUT2D eigenvalue weighted by molar-refractivity contribution is 0.475. The number of aromatic hydroxyl groups is 1. The highest BCUT2D eigenvalue weighted by Crippen LogP contribution is 2.21. The van der Waals surface area contributed by atoms with Crippen molar-refractivity contribution in [3.05, 3.63) is 71.6 Å². The van der Waals surface area contributed by atoms with Gasteiger partial charge >= 0.3 is 0 Å². The molecule has 4 nitrogen and oxygen atoms in total. The van der Waals surface area contributed by atoms with E-state index >= 15 is 0 Å². The molecule has 1 aromatic heterocycles. The lowest BCUT2D eigenvalue weighted by Crippen LogP contribution is -2.18. The van der Waals surface area contributed by atoms with Crippen LogP contribution in [0.15, 0.2) is 59.2 Å². The second kappa shape index (κ2) is 6.67. The lowest BCUT2D eigenvalue weighted by atomic mass is 10.1. The summed E-state index contributed by atoms with van der Waals surface area (Å²) in [6.07, 6.45) is 1.66. The van der Waals surface area contributed by atoms with Crippen LogP contribution in [0.5, 0.6) is 5.75 Å². The SMILES string of the molecule is Cc1ccc([C@@H](C)NCc2coc(-c3ccc(O)cc3)n2)cc1. The number of aromatic nitrogens is 1. The summed E-state index contributed by atoms with van der Waals surface area (Å²) in [4.78, 5) is 4.48. The van der Waals surface area contributed by atoms with Crippen molar-refractivity contribution in [1.82, 2.24) is 10.3 Å². The minimum absolute atomic E-state index is 0.231. The number of hydrogen-bond donors (Lipinski definition) is 2. The fourth-order valence-corrected chi connectivity index (χ4v) is 2.36. The Morgan fingerprint density at radius 1 is 1.09 bits per heavy atom. The van der Waals surface area contributed by atoms with Gasteiger partial charge in [-0.25, -0.2) is 4.98 Å². The van der Waals surface area contributed by atoms with Crippen LogP contribution >= 0.6 is 0 Å². The zero-order valence-corrected chi connectivity index (χ0v) is 13.3. The monoisotopic (exact) mass is 308 g/mol. The lowest BCUT2D eigenvalue weighted by Gasteiger charge is -2.13. The van der Waals surface area contributed by atoms with Gasteiger partial charge in [0.05, 0.1) is 5.69 Å². The average molecular weight is 308 g/mol. The van der Waals surface area contributed by atoms with E-state index in [4.69, 9.17) is 4.42 Å². The third kappa shape index (κ3) is 3.79. The van der Waals surface area contributed by atoms with Crippen LogP contribution in [-0.4, -0.2) is 10.1 Å². The van der Waals surface area contributed by atoms with Crippen LogP contribution in [0.2, 0.25) is 0 Å². The van der Waals surface area contributed by atoms with E-state index in [1.54, 1.807) is 30.5 Å². The number of nitrogens with one attached hydrogen (secondary N) is 1. The van der Waals surface area contributed by atoms with Gasteiger partial charge in [0.25, 0.3) is 0 Å². The quantitative estimate of drug-likeness (QED) is 0.741. The molecule has 3 rings (SSSR count). The van der Waals surface area contributed by atoms with Gasteiger partial charge in [0.2, 0.25) is 5.89 Å². The number of aryl methyl sites for hydroxylation is 1. The summed E-state index contributed by atoms with van der Waals surface area (Å²) in [6, 6.07) is 15.6. The molecular formula is C19H20N2O2. The van der Waals surface area contributed by atoms with Gasteiger partial charge in [0.1, 0.15) is 12.0 Å². The number of hydrogen-bond acceptors (Lipinski definition) is 4. The van der Waals surface area contributed by atoms with Crippen LogP contribution in [-0.2, 0) is 6.54 Å². The van der Waals surface area contributed by atoms with Crippen LogP contribution in [0.25, 0.3) is 11.5 Å². The molecule has 118 valence electrons. The van der Waals surface area contributed by atoms with E-state index < -0.39 is 0 Å². The summed E-state index contributed by atoms with van der Waals surface area (Å²) in [6.45, 7) is 4.85. The molecule has 2 aromatic carbocycles. The zero-order chi connectivity index (χ0) is 16.2. The van der Waals surface area contributed by atoms with Gasteiger partial charge in [-0.05, 0) is 43.7 Å². The Hall–Kier alpha value is -2.59. The average Bonchev–Trinajstić information content (AvgIpc) is 3.03. The minimum Gasteiger partial charge on any atom is -0.508 e. The molecule has 3 aromatic rings. The van der Waals surface area contributed by atoms with E-state index in [1.807, 2.05) is 0 Å². The number of phenols is 1. The van der Waals surface area contributed by atoms with Gasteiger partial charge in [0, 0.05) is 18.2 Å². The molecule has 0 fully saturated rings. The fraction of sp³-hybridized carbons (Fsp3) is 0.211. The highest BCUT2D eigenvalue weighted by Gasteiger charge is 2.09. The molecule has 0 aliphatic rings. The molecule has 1 atom stereocenters. The minimum atomic E-state index is 0.231. The first-order valence-electron chi connectivity index (χ1n) is 7.65. The summed E-state index contributed by atoms with van der Waals surface area (Å²) in [5.74, 6) is 0.791. The van der Waals surface area contributed by atoms with Crippen molar-refractivity contribution in [3.63, 3.8) is 0 Å². The maximum atomic E-state index is 9.32. The smallest absolute Gasteiger partial charge is 0.226 e. The van der Waals surface area contributed by atoms with Crippen LogP contribution in [0.4, 0.5) is 0 Å². The normalized spacial score (nSPS) is 12.3. The molecule has 23 heavy (non-hydrogen) atoms. The van der Waals surface area contributed by atoms with E-state index in [0.717, 1.165) is 11.3 Å². The molecule has 1 heterocycles. The summed E-state index contributed by atoms with van der Waals surface area (Å²) in [5.41, 5.74) is 4.21. The van der Waals surface area contributed by atoms with Crippen molar-refractivity contribution in [2.24, 2.45) is 0 Å². The fourth-order valence-electron chi connectivity index (χ4n) is 2.36. The first-order valence-corrected chi connectivity index (χ1v) is 7.65. The Kier molecular flexibility index (Phi) is 4.44. The number of phenolic OH excluding ortho intramolecular Hbond substituents is 1. The van der Waals surface area contributed by atoms with Crippen LogP contribution in [0, 0.1) is 6.92 Å². The first-order chi connectivity index (χ1) is 11.1. The van der Waals surface area contributed by atoms with Gasteiger partial charge < -0.3 is 14.8 Å². The second-order valence-electron chi connectivity index (χ2n) is 5.70. The van der Waals surface area contributed by atoms with Crippen molar-refractivity contribution >= 4 is 0 Å². The zero-order valence-electron chi connectivity index (χ0n) is 13.3. The molecule has 4 heteroatoms. The summed E-state index contributed by atoms with van der Waals surface area (Å²) >= 11 is 0. The summed E-state index contributed by atoms with van der Waals surface area (Å²) < 4.78 is 5.51. The van der Waals surface area contributed by atoms with E-state index in [0.29, 0.717) is 12.4 Å². The van der Waals surface area contributed by atoms with Crippen molar-refractivity contribution in [2.45, 2.75) is 26.4 Å². The molecule has 0 radical (unpaired) electrons. The Balaban J connectivity index is 1.63. The number of benzene rings is 2. The molecule has 0 aliphatic heterocycles. The maximum Gasteiger partial charge on any atom is 0.226 e. The van der Waals surface area contributed by atoms with Gasteiger partial charge in [-0.3, -0.25) is 0 Å². The van der Waals surface area contributed by atoms with Crippen LogP contribution < -0.4 is 5.32 Å². The van der Waals surface area contributed by atoms with E-state index in [-0.39, 0.29) is 11.8 Å². The highest BCUT2D eigenvalue weighted by molar-refractivity contribution is 5.54.